The van der Waals surface area contributed by atoms with E-state index in [1.165, 1.54) is 5.56 Å². The molecule has 132 valence electrons. The van der Waals surface area contributed by atoms with Crippen molar-refractivity contribution in [3.63, 3.8) is 0 Å². The largest absolute Gasteiger partial charge is 0.325 e. The standard InChI is InChI=1S/C17H25N3O3S/c21-17(20-10-12-24(22,23)13-11-20)19-8-5-15(6-9-19)3-4-16-2-1-7-18-14-16/h1-2,7,14-15H,3-6,8-13H2. The molecule has 1 aromatic heterocycles. The molecule has 0 N–H and O–H groups in total. The summed E-state index contributed by atoms with van der Waals surface area (Å²) in [6.07, 6.45) is 7.94. The van der Waals surface area contributed by atoms with Crippen LogP contribution in [-0.2, 0) is 16.3 Å². The van der Waals surface area contributed by atoms with Crippen molar-refractivity contribution < 1.29 is 13.2 Å². The molecule has 0 radical (unpaired) electrons. The van der Waals surface area contributed by atoms with Crippen LogP contribution in [0.2, 0.25) is 0 Å². The first-order valence-electron chi connectivity index (χ1n) is 8.67. The predicted octanol–water partition coefficient (Wildman–Crippen LogP) is 1.58. The van der Waals surface area contributed by atoms with Gasteiger partial charge in [-0.2, -0.15) is 0 Å². The third-order valence-corrected chi connectivity index (χ3v) is 6.67. The molecule has 0 atom stereocenters. The molecule has 2 aliphatic rings. The zero-order valence-corrected chi connectivity index (χ0v) is 14.7. The normalized spacial score (nSPS) is 21.7. The van der Waals surface area contributed by atoms with Gasteiger partial charge >= 0.3 is 6.03 Å². The highest BCUT2D eigenvalue weighted by molar-refractivity contribution is 7.91. The van der Waals surface area contributed by atoms with Crippen LogP contribution in [0.25, 0.3) is 0 Å². The molecule has 2 fully saturated rings. The Kier molecular flexibility index (Phi) is 5.38. The number of hydrogen-bond acceptors (Lipinski definition) is 4. The van der Waals surface area contributed by atoms with Crippen molar-refractivity contribution in [2.75, 3.05) is 37.7 Å². The van der Waals surface area contributed by atoms with E-state index in [0.717, 1.165) is 38.8 Å². The lowest BCUT2D eigenvalue weighted by Gasteiger charge is -2.37. The van der Waals surface area contributed by atoms with Crippen molar-refractivity contribution in [2.24, 2.45) is 5.92 Å². The number of carbonyl (C=O) groups is 1. The number of amides is 2. The molecule has 3 rings (SSSR count). The minimum atomic E-state index is -2.94. The number of aromatic nitrogens is 1. The van der Waals surface area contributed by atoms with Crippen molar-refractivity contribution in [3.05, 3.63) is 30.1 Å². The monoisotopic (exact) mass is 351 g/mol. The van der Waals surface area contributed by atoms with Gasteiger partial charge in [0.2, 0.25) is 0 Å². The second kappa shape index (κ2) is 7.51. The zero-order chi connectivity index (χ0) is 17.0. The lowest BCUT2D eigenvalue weighted by Crippen LogP contribution is -2.51. The molecular formula is C17H25N3O3S. The van der Waals surface area contributed by atoms with E-state index in [0.29, 0.717) is 19.0 Å². The Bertz CT molecular complexity index is 641. The molecule has 6 nitrogen and oxygen atoms in total. The summed E-state index contributed by atoms with van der Waals surface area (Å²) in [7, 11) is -2.94. The maximum Gasteiger partial charge on any atom is 0.320 e. The van der Waals surface area contributed by atoms with E-state index in [1.807, 2.05) is 17.2 Å². The van der Waals surface area contributed by atoms with Crippen LogP contribution in [0.4, 0.5) is 4.79 Å². The fraction of sp³-hybridized carbons (Fsp3) is 0.647. The van der Waals surface area contributed by atoms with Crippen LogP contribution in [0.5, 0.6) is 0 Å². The van der Waals surface area contributed by atoms with Gasteiger partial charge in [-0.1, -0.05) is 6.07 Å². The molecular weight excluding hydrogens is 326 g/mol. The highest BCUT2D eigenvalue weighted by Gasteiger charge is 2.30. The first kappa shape index (κ1) is 17.2. The van der Waals surface area contributed by atoms with Gasteiger partial charge < -0.3 is 9.80 Å². The summed E-state index contributed by atoms with van der Waals surface area (Å²) in [6, 6.07) is 4.08. The third kappa shape index (κ3) is 4.47. The smallest absolute Gasteiger partial charge is 0.320 e. The van der Waals surface area contributed by atoms with E-state index in [1.54, 1.807) is 11.1 Å². The predicted molar refractivity (Wildman–Crippen MR) is 92.5 cm³/mol. The van der Waals surface area contributed by atoms with E-state index in [-0.39, 0.29) is 17.5 Å². The second-order valence-corrected chi connectivity index (χ2v) is 9.06. The van der Waals surface area contributed by atoms with Gasteiger partial charge in [-0.3, -0.25) is 4.98 Å². The SMILES string of the molecule is O=C(N1CCC(CCc2cccnc2)CC1)N1CCS(=O)(=O)CC1. The van der Waals surface area contributed by atoms with Crippen LogP contribution in [0.3, 0.4) is 0 Å². The van der Waals surface area contributed by atoms with Crippen molar-refractivity contribution >= 4 is 15.9 Å². The number of likely N-dealkylation sites (tertiary alicyclic amines) is 1. The average molecular weight is 351 g/mol. The molecule has 7 heteroatoms. The molecule has 2 saturated heterocycles. The molecule has 24 heavy (non-hydrogen) atoms. The number of aryl methyl sites for hydroxylation is 1. The van der Waals surface area contributed by atoms with Gasteiger partial charge in [-0.15, -0.1) is 0 Å². The summed E-state index contributed by atoms with van der Waals surface area (Å²) < 4.78 is 22.9. The van der Waals surface area contributed by atoms with Gasteiger partial charge in [-0.05, 0) is 43.2 Å². The van der Waals surface area contributed by atoms with Crippen LogP contribution < -0.4 is 0 Å². The number of carbonyl (C=O) groups excluding carboxylic acids is 1. The molecule has 0 bridgehead atoms. The van der Waals surface area contributed by atoms with Gasteiger partial charge in [0, 0.05) is 38.6 Å². The number of sulfone groups is 1. The summed E-state index contributed by atoms with van der Waals surface area (Å²) in [5.74, 6) is 0.844. The molecule has 0 unspecified atom stereocenters. The third-order valence-electron chi connectivity index (χ3n) is 5.06. The highest BCUT2D eigenvalue weighted by atomic mass is 32.2. The molecule has 2 amide bonds. The Morgan fingerprint density at radius 3 is 2.42 bits per heavy atom. The maximum atomic E-state index is 12.5. The minimum Gasteiger partial charge on any atom is -0.325 e. The maximum absolute atomic E-state index is 12.5. The van der Waals surface area contributed by atoms with Crippen molar-refractivity contribution in [2.45, 2.75) is 25.7 Å². The Labute approximate surface area is 143 Å². The first-order valence-corrected chi connectivity index (χ1v) is 10.5. The number of nitrogens with zero attached hydrogens (tertiary/aromatic N) is 3. The Morgan fingerprint density at radius 2 is 1.79 bits per heavy atom. The highest BCUT2D eigenvalue weighted by Crippen LogP contribution is 2.23. The second-order valence-electron chi connectivity index (χ2n) is 6.75. The average Bonchev–Trinajstić information content (AvgIpc) is 2.61. The Balaban J connectivity index is 1.42. The number of pyridine rings is 1. The quantitative estimate of drug-likeness (QED) is 0.829. The van der Waals surface area contributed by atoms with Crippen LogP contribution in [-0.4, -0.2) is 66.9 Å². The topological polar surface area (TPSA) is 70.6 Å². The zero-order valence-electron chi connectivity index (χ0n) is 13.9. The number of rotatable bonds is 3. The van der Waals surface area contributed by atoms with Crippen molar-refractivity contribution in [1.29, 1.82) is 0 Å². The summed E-state index contributed by atoms with van der Waals surface area (Å²) >= 11 is 0. The van der Waals surface area contributed by atoms with Gasteiger partial charge in [0.05, 0.1) is 11.5 Å². The van der Waals surface area contributed by atoms with Gasteiger partial charge in [0.1, 0.15) is 0 Å². The Morgan fingerprint density at radius 1 is 1.12 bits per heavy atom. The van der Waals surface area contributed by atoms with E-state index in [2.05, 4.69) is 11.1 Å². The van der Waals surface area contributed by atoms with Crippen LogP contribution in [0.1, 0.15) is 24.8 Å². The van der Waals surface area contributed by atoms with Crippen LogP contribution in [0, 0.1) is 5.92 Å². The number of piperidine rings is 1. The molecule has 2 aliphatic heterocycles. The van der Waals surface area contributed by atoms with Crippen molar-refractivity contribution in [1.82, 2.24) is 14.8 Å². The minimum absolute atomic E-state index is 0.00982. The van der Waals surface area contributed by atoms with Gasteiger partial charge in [-0.25, -0.2) is 13.2 Å². The molecule has 0 aromatic carbocycles. The van der Waals surface area contributed by atoms with Crippen LogP contribution >= 0.6 is 0 Å². The lowest BCUT2D eigenvalue weighted by atomic mass is 9.91. The molecule has 1 aromatic rings. The van der Waals surface area contributed by atoms with E-state index in [9.17, 15) is 13.2 Å². The lowest BCUT2D eigenvalue weighted by molar-refractivity contribution is 0.134. The summed E-state index contributed by atoms with van der Waals surface area (Å²) in [5, 5.41) is 0. The fourth-order valence-corrected chi connectivity index (χ4v) is 4.63. The van der Waals surface area contributed by atoms with Gasteiger partial charge in [0.25, 0.3) is 0 Å². The molecule has 0 spiro atoms. The first-order chi connectivity index (χ1) is 11.5. The fourth-order valence-electron chi connectivity index (χ4n) is 3.43. The van der Waals surface area contributed by atoms with E-state index >= 15 is 0 Å². The summed E-state index contributed by atoms with van der Waals surface area (Å²) in [5.41, 5.74) is 1.27. The number of urea groups is 1. The molecule has 0 aliphatic carbocycles. The Hall–Kier alpha value is -1.63. The molecule has 0 saturated carbocycles. The van der Waals surface area contributed by atoms with Crippen molar-refractivity contribution in [3.8, 4) is 0 Å². The van der Waals surface area contributed by atoms with Gasteiger partial charge in [0.15, 0.2) is 9.84 Å². The summed E-state index contributed by atoms with van der Waals surface area (Å²) in [4.78, 5) is 20.2. The summed E-state index contributed by atoms with van der Waals surface area (Å²) in [6.45, 7) is 2.23. The van der Waals surface area contributed by atoms with E-state index in [4.69, 9.17) is 0 Å². The van der Waals surface area contributed by atoms with E-state index < -0.39 is 9.84 Å². The van der Waals surface area contributed by atoms with Crippen LogP contribution in [0.15, 0.2) is 24.5 Å². The molecule has 3 heterocycles. The number of hydrogen-bond donors (Lipinski definition) is 0.